The van der Waals surface area contributed by atoms with Crippen LogP contribution in [0.2, 0.25) is 0 Å². The van der Waals surface area contributed by atoms with Crippen LogP contribution >= 0.6 is 0 Å². The number of nitrogens with one attached hydrogen (secondary N) is 2. The van der Waals surface area contributed by atoms with Crippen LogP contribution in [0, 0.1) is 13.8 Å². The first kappa shape index (κ1) is 11.1. The Morgan fingerprint density at radius 2 is 2.00 bits per heavy atom. The van der Waals surface area contributed by atoms with E-state index >= 15 is 0 Å². The van der Waals surface area contributed by atoms with Crippen molar-refractivity contribution in [1.29, 1.82) is 0 Å². The summed E-state index contributed by atoms with van der Waals surface area (Å²) in [5, 5.41) is 0. The lowest BCUT2D eigenvalue weighted by molar-refractivity contribution is -0.275. The molecule has 2 rings (SSSR count). The molecular weight excluding hydrogens is 221 g/mol. The molecule has 0 unspecified atom stereocenters. The molecule has 1 aliphatic rings. The Kier molecular flexibility index (Phi) is 2.46. The molecule has 0 fully saturated rings. The summed E-state index contributed by atoms with van der Waals surface area (Å²) in [6.45, 7) is 3.71. The Morgan fingerprint density at radius 3 is 2.62 bits per heavy atom. The summed E-state index contributed by atoms with van der Waals surface area (Å²) >= 11 is 0. The molecule has 0 amide bonds. The summed E-state index contributed by atoms with van der Waals surface area (Å²) < 4.78 is 40.6. The van der Waals surface area contributed by atoms with Crippen molar-refractivity contribution < 1.29 is 17.9 Å². The number of hydrogen-bond acceptors (Lipinski definition) is 3. The quantitative estimate of drug-likeness (QED) is 0.780. The van der Waals surface area contributed by atoms with Crippen LogP contribution in [0.25, 0.3) is 0 Å². The Labute approximate surface area is 90.6 Å². The number of benzene rings is 1. The molecule has 0 saturated carbocycles. The van der Waals surface area contributed by atoms with Crippen LogP contribution in [0.4, 0.5) is 18.9 Å². The molecule has 0 saturated heterocycles. The molecular formula is C10H11F3N2O. The van der Waals surface area contributed by atoms with E-state index in [0.29, 0.717) is 17.7 Å². The SMILES string of the molecule is Cc1cc2c(c(C)c1OC(F)(F)F)CNN2. The largest absolute Gasteiger partial charge is 0.573 e. The van der Waals surface area contributed by atoms with E-state index in [2.05, 4.69) is 15.6 Å². The van der Waals surface area contributed by atoms with Crippen molar-refractivity contribution in [3.8, 4) is 5.75 Å². The van der Waals surface area contributed by atoms with E-state index in [-0.39, 0.29) is 5.75 Å². The van der Waals surface area contributed by atoms with Gasteiger partial charge in [-0.1, -0.05) is 0 Å². The lowest BCUT2D eigenvalue weighted by atomic mass is 10.0. The summed E-state index contributed by atoms with van der Waals surface area (Å²) in [6, 6.07) is 1.64. The summed E-state index contributed by atoms with van der Waals surface area (Å²) in [7, 11) is 0. The molecule has 0 bridgehead atoms. The highest BCUT2D eigenvalue weighted by atomic mass is 19.4. The smallest absolute Gasteiger partial charge is 0.405 e. The molecule has 1 aromatic rings. The number of hydrogen-bond donors (Lipinski definition) is 2. The van der Waals surface area contributed by atoms with Gasteiger partial charge in [-0.3, -0.25) is 0 Å². The van der Waals surface area contributed by atoms with E-state index in [9.17, 15) is 13.2 Å². The first-order valence-electron chi connectivity index (χ1n) is 4.76. The van der Waals surface area contributed by atoms with Gasteiger partial charge in [-0.25, -0.2) is 5.43 Å². The third-order valence-corrected chi connectivity index (χ3v) is 2.54. The fourth-order valence-electron chi connectivity index (χ4n) is 1.84. The standard InChI is InChI=1S/C10H11F3N2O/c1-5-3-8-7(4-14-15-8)6(2)9(5)16-10(11,12)13/h3,14-15H,4H2,1-2H3. The van der Waals surface area contributed by atoms with Crippen molar-refractivity contribution in [2.45, 2.75) is 26.8 Å². The first-order valence-corrected chi connectivity index (χ1v) is 4.76. The number of anilines is 1. The van der Waals surface area contributed by atoms with Gasteiger partial charge in [-0.05, 0) is 36.6 Å². The van der Waals surface area contributed by atoms with Crippen LogP contribution in [0.1, 0.15) is 16.7 Å². The van der Waals surface area contributed by atoms with Gasteiger partial charge in [0.15, 0.2) is 0 Å². The molecule has 0 spiro atoms. The molecule has 0 radical (unpaired) electrons. The first-order chi connectivity index (χ1) is 7.38. The zero-order valence-electron chi connectivity index (χ0n) is 8.83. The minimum absolute atomic E-state index is 0.100. The molecule has 1 aliphatic heterocycles. The molecule has 0 atom stereocenters. The predicted molar refractivity (Wildman–Crippen MR) is 53.1 cm³/mol. The van der Waals surface area contributed by atoms with Gasteiger partial charge in [-0.15, -0.1) is 13.2 Å². The van der Waals surface area contributed by atoms with Crippen LogP contribution in [-0.4, -0.2) is 6.36 Å². The van der Waals surface area contributed by atoms with E-state index in [0.717, 1.165) is 11.3 Å². The van der Waals surface area contributed by atoms with Crippen LogP contribution in [0.5, 0.6) is 5.75 Å². The molecule has 0 aromatic heterocycles. The number of ether oxygens (including phenoxy) is 1. The van der Waals surface area contributed by atoms with E-state index < -0.39 is 6.36 Å². The Hall–Kier alpha value is -1.43. The molecule has 3 nitrogen and oxygen atoms in total. The van der Waals surface area contributed by atoms with Gasteiger partial charge in [0, 0.05) is 6.54 Å². The highest BCUT2D eigenvalue weighted by Crippen LogP contribution is 2.36. The average Bonchev–Trinajstić information content (AvgIpc) is 2.58. The highest BCUT2D eigenvalue weighted by molar-refractivity contribution is 5.63. The van der Waals surface area contributed by atoms with Crippen LogP contribution in [-0.2, 0) is 6.54 Å². The molecule has 6 heteroatoms. The van der Waals surface area contributed by atoms with Crippen molar-refractivity contribution in [2.24, 2.45) is 0 Å². The van der Waals surface area contributed by atoms with Gasteiger partial charge < -0.3 is 10.2 Å². The number of aryl methyl sites for hydroxylation is 1. The van der Waals surface area contributed by atoms with E-state index in [1.165, 1.54) is 0 Å². The number of rotatable bonds is 1. The molecule has 1 aromatic carbocycles. The van der Waals surface area contributed by atoms with Crippen molar-refractivity contribution in [2.75, 3.05) is 5.43 Å². The van der Waals surface area contributed by atoms with E-state index in [1.54, 1.807) is 19.9 Å². The summed E-state index contributed by atoms with van der Waals surface area (Å²) in [5.41, 5.74) is 8.34. The normalized spacial score (nSPS) is 14.6. The molecule has 0 aliphatic carbocycles. The van der Waals surface area contributed by atoms with Crippen LogP contribution in [0.3, 0.4) is 0 Å². The average molecular weight is 232 g/mol. The second-order valence-electron chi connectivity index (χ2n) is 3.70. The fourth-order valence-corrected chi connectivity index (χ4v) is 1.84. The number of alkyl halides is 3. The Bertz CT molecular complexity index is 429. The molecule has 16 heavy (non-hydrogen) atoms. The lowest BCUT2D eigenvalue weighted by Crippen LogP contribution is -2.18. The van der Waals surface area contributed by atoms with Gasteiger partial charge in [-0.2, -0.15) is 0 Å². The lowest BCUT2D eigenvalue weighted by Gasteiger charge is -2.16. The Balaban J connectivity index is 2.46. The maximum atomic E-state index is 12.2. The van der Waals surface area contributed by atoms with Crippen molar-refractivity contribution >= 4 is 5.69 Å². The summed E-state index contributed by atoms with van der Waals surface area (Å²) in [5.74, 6) is -0.100. The molecule has 88 valence electrons. The Morgan fingerprint density at radius 1 is 1.31 bits per heavy atom. The van der Waals surface area contributed by atoms with Gasteiger partial charge in [0.25, 0.3) is 0 Å². The zero-order valence-corrected chi connectivity index (χ0v) is 8.83. The number of fused-ring (bicyclic) bond motifs is 1. The monoisotopic (exact) mass is 232 g/mol. The maximum Gasteiger partial charge on any atom is 0.573 e. The summed E-state index contributed by atoms with van der Waals surface area (Å²) in [4.78, 5) is 0. The van der Waals surface area contributed by atoms with Crippen molar-refractivity contribution in [3.05, 3.63) is 22.8 Å². The van der Waals surface area contributed by atoms with Crippen molar-refractivity contribution in [1.82, 2.24) is 5.43 Å². The summed E-state index contributed by atoms with van der Waals surface area (Å²) in [6.07, 6.45) is -4.65. The van der Waals surface area contributed by atoms with E-state index in [4.69, 9.17) is 0 Å². The highest BCUT2D eigenvalue weighted by Gasteiger charge is 2.33. The minimum atomic E-state index is -4.65. The third-order valence-electron chi connectivity index (χ3n) is 2.54. The second kappa shape index (κ2) is 3.55. The topological polar surface area (TPSA) is 33.3 Å². The number of halogens is 3. The van der Waals surface area contributed by atoms with Gasteiger partial charge in [0.2, 0.25) is 0 Å². The van der Waals surface area contributed by atoms with Gasteiger partial charge >= 0.3 is 6.36 Å². The third kappa shape index (κ3) is 1.92. The van der Waals surface area contributed by atoms with Crippen LogP contribution in [0.15, 0.2) is 6.07 Å². The van der Waals surface area contributed by atoms with E-state index in [1.807, 2.05) is 0 Å². The zero-order chi connectivity index (χ0) is 11.9. The second-order valence-corrected chi connectivity index (χ2v) is 3.70. The van der Waals surface area contributed by atoms with Gasteiger partial charge in [0.05, 0.1) is 5.69 Å². The molecule has 1 heterocycles. The van der Waals surface area contributed by atoms with Crippen LogP contribution < -0.4 is 15.6 Å². The van der Waals surface area contributed by atoms with Crippen molar-refractivity contribution in [3.63, 3.8) is 0 Å². The maximum absolute atomic E-state index is 12.2. The fraction of sp³-hybridized carbons (Fsp3) is 0.400. The molecule has 2 N–H and O–H groups in total. The van der Waals surface area contributed by atoms with Gasteiger partial charge in [0.1, 0.15) is 5.75 Å². The predicted octanol–water partition coefficient (Wildman–Crippen LogP) is 2.63. The number of hydrazine groups is 1. The minimum Gasteiger partial charge on any atom is -0.405 e.